The third-order valence-electron chi connectivity index (χ3n) is 3.50. The average molecular weight is 262 g/mol. The Hall–Kier alpha value is -1.62. The van der Waals surface area contributed by atoms with Crippen molar-refractivity contribution in [1.29, 1.82) is 0 Å². The first-order valence-corrected chi connectivity index (χ1v) is 6.97. The standard InChI is InChI=1S/C14H22N4O/c1-2-16-14(19)13-9-10(7-8-17-13)18-12-6-4-3-5-11(12)15/h7-9,11-12H,2-6,15H2,1H3,(H,16,19)(H,17,18). The maximum atomic E-state index is 11.7. The first kappa shape index (κ1) is 13.8. The zero-order chi connectivity index (χ0) is 13.7. The number of anilines is 1. The summed E-state index contributed by atoms with van der Waals surface area (Å²) < 4.78 is 0. The molecule has 0 aliphatic heterocycles. The summed E-state index contributed by atoms with van der Waals surface area (Å²) in [5.41, 5.74) is 7.47. The zero-order valence-corrected chi connectivity index (χ0v) is 11.4. The van der Waals surface area contributed by atoms with E-state index in [-0.39, 0.29) is 11.9 Å². The van der Waals surface area contributed by atoms with Gasteiger partial charge >= 0.3 is 0 Å². The molecule has 1 saturated carbocycles. The monoisotopic (exact) mass is 262 g/mol. The van der Waals surface area contributed by atoms with E-state index < -0.39 is 0 Å². The summed E-state index contributed by atoms with van der Waals surface area (Å²) >= 11 is 0. The van der Waals surface area contributed by atoms with Crippen molar-refractivity contribution < 1.29 is 4.79 Å². The largest absolute Gasteiger partial charge is 0.381 e. The highest BCUT2D eigenvalue weighted by Gasteiger charge is 2.21. The molecular formula is C14H22N4O. The molecule has 2 atom stereocenters. The summed E-state index contributed by atoms with van der Waals surface area (Å²) in [6.45, 7) is 2.49. The van der Waals surface area contributed by atoms with E-state index in [1.165, 1.54) is 12.8 Å². The summed E-state index contributed by atoms with van der Waals surface area (Å²) in [5, 5.41) is 6.17. The van der Waals surface area contributed by atoms with Gasteiger partial charge in [0.2, 0.25) is 0 Å². The van der Waals surface area contributed by atoms with Gasteiger partial charge in [0.1, 0.15) is 5.69 Å². The summed E-state index contributed by atoms with van der Waals surface area (Å²) in [6.07, 6.45) is 6.21. The molecular weight excluding hydrogens is 240 g/mol. The Morgan fingerprint density at radius 1 is 1.47 bits per heavy atom. The second-order valence-corrected chi connectivity index (χ2v) is 4.99. The summed E-state index contributed by atoms with van der Waals surface area (Å²) in [4.78, 5) is 15.8. The lowest BCUT2D eigenvalue weighted by atomic mass is 9.91. The molecule has 19 heavy (non-hydrogen) atoms. The SMILES string of the molecule is CCNC(=O)c1cc(NC2CCCCC2N)ccn1. The second kappa shape index (κ2) is 6.52. The fourth-order valence-electron chi connectivity index (χ4n) is 2.45. The fourth-order valence-corrected chi connectivity index (χ4v) is 2.45. The van der Waals surface area contributed by atoms with E-state index in [1.807, 2.05) is 13.0 Å². The number of pyridine rings is 1. The number of carbonyl (C=O) groups excluding carboxylic acids is 1. The van der Waals surface area contributed by atoms with Gasteiger partial charge in [0.25, 0.3) is 5.91 Å². The van der Waals surface area contributed by atoms with Crippen molar-refractivity contribution in [2.75, 3.05) is 11.9 Å². The number of hydrogen-bond donors (Lipinski definition) is 3. The highest BCUT2D eigenvalue weighted by molar-refractivity contribution is 5.93. The number of hydrogen-bond acceptors (Lipinski definition) is 4. The van der Waals surface area contributed by atoms with Gasteiger partial charge < -0.3 is 16.4 Å². The Morgan fingerprint density at radius 3 is 3.00 bits per heavy atom. The quantitative estimate of drug-likeness (QED) is 0.768. The minimum absolute atomic E-state index is 0.140. The number of nitrogens with one attached hydrogen (secondary N) is 2. The maximum absolute atomic E-state index is 11.7. The molecule has 0 bridgehead atoms. The van der Waals surface area contributed by atoms with Gasteiger partial charge in [-0.1, -0.05) is 12.8 Å². The molecule has 5 heteroatoms. The lowest BCUT2D eigenvalue weighted by Crippen LogP contribution is -2.42. The number of nitrogens with two attached hydrogens (primary N) is 1. The third-order valence-corrected chi connectivity index (χ3v) is 3.50. The molecule has 1 aliphatic rings. The third kappa shape index (κ3) is 3.67. The molecule has 104 valence electrons. The smallest absolute Gasteiger partial charge is 0.269 e. The normalized spacial score (nSPS) is 22.8. The van der Waals surface area contributed by atoms with Crippen LogP contribution in [0.2, 0.25) is 0 Å². The van der Waals surface area contributed by atoms with E-state index in [4.69, 9.17) is 5.73 Å². The number of rotatable bonds is 4. The van der Waals surface area contributed by atoms with E-state index in [0.29, 0.717) is 18.3 Å². The zero-order valence-electron chi connectivity index (χ0n) is 11.4. The van der Waals surface area contributed by atoms with Gasteiger partial charge in [-0.15, -0.1) is 0 Å². The minimum atomic E-state index is -0.140. The van der Waals surface area contributed by atoms with Crippen molar-refractivity contribution in [3.8, 4) is 0 Å². The van der Waals surface area contributed by atoms with Crippen LogP contribution >= 0.6 is 0 Å². The van der Waals surface area contributed by atoms with Crippen LogP contribution in [0.5, 0.6) is 0 Å². The molecule has 4 N–H and O–H groups in total. The molecule has 0 aromatic carbocycles. The van der Waals surface area contributed by atoms with Crippen LogP contribution in [0, 0.1) is 0 Å². The highest BCUT2D eigenvalue weighted by Crippen LogP contribution is 2.21. The molecule has 2 rings (SSSR count). The Morgan fingerprint density at radius 2 is 2.26 bits per heavy atom. The van der Waals surface area contributed by atoms with Crippen molar-refractivity contribution in [3.05, 3.63) is 24.0 Å². The first-order valence-electron chi connectivity index (χ1n) is 6.97. The van der Waals surface area contributed by atoms with Crippen molar-refractivity contribution in [2.24, 2.45) is 5.73 Å². The second-order valence-electron chi connectivity index (χ2n) is 4.99. The van der Waals surface area contributed by atoms with Crippen molar-refractivity contribution in [3.63, 3.8) is 0 Å². The predicted molar refractivity (Wildman–Crippen MR) is 76.1 cm³/mol. The van der Waals surface area contributed by atoms with E-state index >= 15 is 0 Å². The first-order chi connectivity index (χ1) is 9.20. The Balaban J connectivity index is 2.04. The average Bonchev–Trinajstić information content (AvgIpc) is 2.42. The molecule has 0 saturated heterocycles. The highest BCUT2D eigenvalue weighted by atomic mass is 16.1. The van der Waals surface area contributed by atoms with Crippen LogP contribution in [-0.2, 0) is 0 Å². The molecule has 5 nitrogen and oxygen atoms in total. The lowest BCUT2D eigenvalue weighted by Gasteiger charge is -2.30. The van der Waals surface area contributed by atoms with Crippen LogP contribution in [-0.4, -0.2) is 29.5 Å². The topological polar surface area (TPSA) is 80.0 Å². The maximum Gasteiger partial charge on any atom is 0.269 e. The Labute approximate surface area is 114 Å². The number of carbonyl (C=O) groups is 1. The molecule has 1 aromatic rings. The lowest BCUT2D eigenvalue weighted by molar-refractivity contribution is 0.0951. The molecule has 1 amide bonds. The molecule has 1 heterocycles. The molecule has 0 spiro atoms. The van der Waals surface area contributed by atoms with Gasteiger partial charge in [-0.25, -0.2) is 0 Å². The van der Waals surface area contributed by atoms with E-state index in [1.54, 1.807) is 12.3 Å². The van der Waals surface area contributed by atoms with Gasteiger partial charge in [0.15, 0.2) is 0 Å². The summed E-state index contributed by atoms with van der Waals surface area (Å²) in [6, 6.07) is 4.14. The fraction of sp³-hybridized carbons (Fsp3) is 0.571. The summed E-state index contributed by atoms with van der Waals surface area (Å²) in [5.74, 6) is -0.140. The van der Waals surface area contributed by atoms with Crippen molar-refractivity contribution >= 4 is 11.6 Å². The van der Waals surface area contributed by atoms with Crippen molar-refractivity contribution in [1.82, 2.24) is 10.3 Å². The van der Waals surface area contributed by atoms with Crippen LogP contribution < -0.4 is 16.4 Å². The van der Waals surface area contributed by atoms with Gasteiger partial charge in [-0.3, -0.25) is 9.78 Å². The molecule has 2 unspecified atom stereocenters. The molecule has 1 fully saturated rings. The van der Waals surface area contributed by atoms with Crippen LogP contribution in [0.4, 0.5) is 5.69 Å². The van der Waals surface area contributed by atoms with Crippen LogP contribution in [0.15, 0.2) is 18.3 Å². The molecule has 0 radical (unpaired) electrons. The van der Waals surface area contributed by atoms with Crippen LogP contribution in [0.3, 0.4) is 0 Å². The summed E-state index contributed by atoms with van der Waals surface area (Å²) in [7, 11) is 0. The molecule has 1 aliphatic carbocycles. The number of amides is 1. The Bertz CT molecular complexity index is 435. The van der Waals surface area contributed by atoms with Gasteiger partial charge in [-0.05, 0) is 31.9 Å². The number of nitrogens with zero attached hydrogens (tertiary/aromatic N) is 1. The van der Waals surface area contributed by atoms with E-state index in [0.717, 1.165) is 18.5 Å². The van der Waals surface area contributed by atoms with Crippen LogP contribution in [0.25, 0.3) is 0 Å². The van der Waals surface area contributed by atoms with Gasteiger partial charge in [0, 0.05) is 30.5 Å². The van der Waals surface area contributed by atoms with Gasteiger partial charge in [0.05, 0.1) is 0 Å². The van der Waals surface area contributed by atoms with Crippen LogP contribution in [0.1, 0.15) is 43.1 Å². The molecule has 1 aromatic heterocycles. The Kier molecular flexibility index (Phi) is 4.74. The van der Waals surface area contributed by atoms with E-state index in [9.17, 15) is 4.79 Å². The van der Waals surface area contributed by atoms with Gasteiger partial charge in [-0.2, -0.15) is 0 Å². The predicted octanol–water partition coefficient (Wildman–Crippen LogP) is 1.51. The van der Waals surface area contributed by atoms with E-state index in [2.05, 4.69) is 15.6 Å². The van der Waals surface area contributed by atoms with Crippen molar-refractivity contribution in [2.45, 2.75) is 44.7 Å². The number of aromatic nitrogens is 1. The minimum Gasteiger partial charge on any atom is -0.381 e.